The SMILES string of the molecule is CC(C)C(N)c1cncn1-c1ccc(Br)c(F)c1. The third-order valence-corrected chi connectivity index (χ3v) is 3.55. The van der Waals surface area contributed by atoms with Gasteiger partial charge in [0.25, 0.3) is 0 Å². The quantitative estimate of drug-likeness (QED) is 0.943. The maximum Gasteiger partial charge on any atom is 0.139 e. The van der Waals surface area contributed by atoms with Crippen molar-refractivity contribution in [3.8, 4) is 5.69 Å². The van der Waals surface area contributed by atoms with Gasteiger partial charge in [-0.1, -0.05) is 13.8 Å². The van der Waals surface area contributed by atoms with Crippen molar-refractivity contribution in [1.82, 2.24) is 9.55 Å². The predicted molar refractivity (Wildman–Crippen MR) is 73.0 cm³/mol. The molecule has 0 fully saturated rings. The van der Waals surface area contributed by atoms with E-state index in [1.54, 1.807) is 18.6 Å². The zero-order valence-electron chi connectivity index (χ0n) is 10.3. The number of hydrogen-bond acceptors (Lipinski definition) is 2. The van der Waals surface area contributed by atoms with Gasteiger partial charge in [-0.25, -0.2) is 9.37 Å². The van der Waals surface area contributed by atoms with Crippen LogP contribution in [-0.4, -0.2) is 9.55 Å². The van der Waals surface area contributed by atoms with Crippen molar-refractivity contribution in [2.45, 2.75) is 19.9 Å². The van der Waals surface area contributed by atoms with Gasteiger partial charge in [0.1, 0.15) is 5.82 Å². The number of hydrogen-bond donors (Lipinski definition) is 1. The zero-order valence-corrected chi connectivity index (χ0v) is 11.9. The Morgan fingerprint density at radius 3 is 2.72 bits per heavy atom. The molecule has 1 heterocycles. The minimum atomic E-state index is -0.301. The topological polar surface area (TPSA) is 43.8 Å². The first-order valence-corrected chi connectivity index (χ1v) is 6.53. The third-order valence-electron chi connectivity index (χ3n) is 2.91. The molecule has 2 aromatic rings. The van der Waals surface area contributed by atoms with E-state index in [0.29, 0.717) is 10.4 Å². The van der Waals surface area contributed by atoms with Gasteiger partial charge in [-0.2, -0.15) is 0 Å². The summed E-state index contributed by atoms with van der Waals surface area (Å²) in [5.41, 5.74) is 7.73. The molecule has 0 aliphatic carbocycles. The molecule has 2 rings (SSSR count). The van der Waals surface area contributed by atoms with Crippen molar-refractivity contribution in [3.05, 3.63) is 46.7 Å². The molecular formula is C13H15BrFN3. The predicted octanol–water partition coefficient (Wildman–Crippen LogP) is 3.43. The van der Waals surface area contributed by atoms with E-state index in [1.165, 1.54) is 6.07 Å². The van der Waals surface area contributed by atoms with Crippen LogP contribution in [0.2, 0.25) is 0 Å². The second-order valence-corrected chi connectivity index (χ2v) is 5.41. The van der Waals surface area contributed by atoms with Crippen LogP contribution in [0.5, 0.6) is 0 Å². The second-order valence-electron chi connectivity index (χ2n) is 4.56. The summed E-state index contributed by atoms with van der Waals surface area (Å²) in [6.45, 7) is 4.09. The van der Waals surface area contributed by atoms with Crippen LogP contribution in [0, 0.1) is 11.7 Å². The van der Waals surface area contributed by atoms with Gasteiger partial charge in [0, 0.05) is 11.7 Å². The van der Waals surface area contributed by atoms with E-state index in [0.717, 1.165) is 11.4 Å². The lowest BCUT2D eigenvalue weighted by atomic mass is 10.0. The first-order valence-electron chi connectivity index (χ1n) is 5.74. The highest BCUT2D eigenvalue weighted by Gasteiger charge is 2.16. The van der Waals surface area contributed by atoms with E-state index < -0.39 is 0 Å². The molecule has 3 nitrogen and oxygen atoms in total. The molecule has 0 radical (unpaired) electrons. The van der Waals surface area contributed by atoms with Gasteiger partial charge in [-0.05, 0) is 40.0 Å². The Labute approximate surface area is 114 Å². The lowest BCUT2D eigenvalue weighted by Crippen LogP contribution is -2.19. The molecule has 0 bridgehead atoms. The van der Waals surface area contributed by atoms with Crippen LogP contribution in [0.4, 0.5) is 4.39 Å². The number of aromatic nitrogens is 2. The summed E-state index contributed by atoms with van der Waals surface area (Å²) < 4.78 is 15.8. The van der Waals surface area contributed by atoms with Crippen molar-refractivity contribution in [3.63, 3.8) is 0 Å². The summed E-state index contributed by atoms with van der Waals surface area (Å²) in [7, 11) is 0. The number of nitrogens with two attached hydrogens (primary N) is 1. The van der Waals surface area contributed by atoms with Gasteiger partial charge in [0.05, 0.1) is 22.7 Å². The monoisotopic (exact) mass is 311 g/mol. The molecule has 0 saturated carbocycles. The molecule has 96 valence electrons. The molecular weight excluding hydrogens is 297 g/mol. The van der Waals surface area contributed by atoms with Crippen LogP contribution in [0.1, 0.15) is 25.6 Å². The number of halogens is 2. The summed E-state index contributed by atoms with van der Waals surface area (Å²) in [6.07, 6.45) is 3.38. The molecule has 0 aliphatic rings. The van der Waals surface area contributed by atoms with Gasteiger partial charge in [0.15, 0.2) is 0 Å². The maximum absolute atomic E-state index is 13.6. The van der Waals surface area contributed by atoms with E-state index >= 15 is 0 Å². The molecule has 0 saturated heterocycles. The highest BCUT2D eigenvalue weighted by molar-refractivity contribution is 9.10. The number of imidazole rings is 1. The fourth-order valence-electron chi connectivity index (χ4n) is 1.74. The average Bonchev–Trinajstić information content (AvgIpc) is 2.80. The Hall–Kier alpha value is -1.20. The summed E-state index contributed by atoms with van der Waals surface area (Å²) in [4.78, 5) is 4.10. The molecule has 1 atom stereocenters. The van der Waals surface area contributed by atoms with Crippen LogP contribution in [-0.2, 0) is 0 Å². The van der Waals surface area contributed by atoms with Crippen LogP contribution < -0.4 is 5.73 Å². The fraction of sp³-hybridized carbons (Fsp3) is 0.308. The van der Waals surface area contributed by atoms with Gasteiger partial charge < -0.3 is 10.3 Å². The molecule has 1 aromatic carbocycles. The summed E-state index contributed by atoms with van der Waals surface area (Å²) in [5.74, 6) is -0.00832. The van der Waals surface area contributed by atoms with Crippen LogP contribution in [0.25, 0.3) is 5.69 Å². The van der Waals surface area contributed by atoms with Gasteiger partial charge in [-0.3, -0.25) is 0 Å². The van der Waals surface area contributed by atoms with Gasteiger partial charge in [0.2, 0.25) is 0 Å². The molecule has 1 aromatic heterocycles. The van der Waals surface area contributed by atoms with Gasteiger partial charge >= 0.3 is 0 Å². The van der Waals surface area contributed by atoms with Crippen LogP contribution >= 0.6 is 15.9 Å². The maximum atomic E-state index is 13.6. The van der Waals surface area contributed by atoms with Gasteiger partial charge in [-0.15, -0.1) is 0 Å². The Morgan fingerprint density at radius 1 is 1.39 bits per heavy atom. The number of rotatable bonds is 3. The van der Waals surface area contributed by atoms with E-state index in [2.05, 4.69) is 20.9 Å². The molecule has 0 aliphatic heterocycles. The van der Waals surface area contributed by atoms with Crippen molar-refractivity contribution in [2.75, 3.05) is 0 Å². The minimum Gasteiger partial charge on any atom is -0.322 e. The zero-order chi connectivity index (χ0) is 13.3. The molecule has 1 unspecified atom stereocenters. The lowest BCUT2D eigenvalue weighted by Gasteiger charge is -2.18. The average molecular weight is 312 g/mol. The highest BCUT2D eigenvalue weighted by Crippen LogP contribution is 2.24. The first-order chi connectivity index (χ1) is 8.50. The molecule has 0 amide bonds. The fourth-order valence-corrected chi connectivity index (χ4v) is 1.99. The molecule has 18 heavy (non-hydrogen) atoms. The largest absolute Gasteiger partial charge is 0.322 e. The summed E-state index contributed by atoms with van der Waals surface area (Å²) >= 11 is 3.14. The van der Waals surface area contributed by atoms with Crippen LogP contribution in [0.15, 0.2) is 35.2 Å². The normalized spacial score (nSPS) is 13.0. The summed E-state index contributed by atoms with van der Waals surface area (Å²) in [6, 6.07) is 4.84. The molecule has 5 heteroatoms. The lowest BCUT2D eigenvalue weighted by molar-refractivity contribution is 0.496. The van der Waals surface area contributed by atoms with E-state index in [4.69, 9.17) is 5.73 Å². The van der Waals surface area contributed by atoms with Crippen molar-refractivity contribution >= 4 is 15.9 Å². The highest BCUT2D eigenvalue weighted by atomic mass is 79.9. The van der Waals surface area contributed by atoms with E-state index in [1.807, 2.05) is 24.5 Å². The Balaban J connectivity index is 2.45. The standard InChI is InChI=1S/C13H15BrFN3/c1-8(2)13(16)12-6-17-7-18(12)9-3-4-10(14)11(15)5-9/h3-8,13H,16H2,1-2H3. The van der Waals surface area contributed by atoms with Crippen LogP contribution in [0.3, 0.4) is 0 Å². The Bertz CT molecular complexity index is 551. The van der Waals surface area contributed by atoms with E-state index in [9.17, 15) is 4.39 Å². The molecule has 2 N–H and O–H groups in total. The smallest absolute Gasteiger partial charge is 0.139 e. The second kappa shape index (κ2) is 5.20. The minimum absolute atomic E-state index is 0.126. The Morgan fingerprint density at radius 2 is 2.11 bits per heavy atom. The first kappa shape index (κ1) is 13.2. The third kappa shape index (κ3) is 2.47. The molecule has 0 spiro atoms. The summed E-state index contributed by atoms with van der Waals surface area (Å²) in [5, 5.41) is 0. The number of benzene rings is 1. The van der Waals surface area contributed by atoms with E-state index in [-0.39, 0.29) is 11.9 Å². The number of nitrogens with zero attached hydrogens (tertiary/aromatic N) is 2. The van der Waals surface area contributed by atoms with Crippen molar-refractivity contribution in [1.29, 1.82) is 0 Å². The van der Waals surface area contributed by atoms with Crippen molar-refractivity contribution < 1.29 is 4.39 Å². The Kier molecular flexibility index (Phi) is 3.82. The van der Waals surface area contributed by atoms with Crippen molar-refractivity contribution in [2.24, 2.45) is 11.7 Å².